The largest absolute Gasteiger partial charge is 0.370 e. The fraction of sp³-hybridized carbons (Fsp3) is 0. The second kappa shape index (κ2) is 5.06. The minimum Gasteiger partial charge on any atom is -0.370 e. The Morgan fingerprint density at radius 2 is 1.93 bits per heavy atom. The zero-order valence-electron chi connectivity index (χ0n) is 7.81. The number of nitrogens with zero attached hydrogens (tertiary/aromatic N) is 2. The van der Waals surface area contributed by atoms with Crippen molar-refractivity contribution in [2.75, 3.05) is 5.43 Å². The Morgan fingerprint density at radius 1 is 1.33 bits per heavy atom. The van der Waals surface area contributed by atoms with E-state index < -0.39 is 0 Å². The van der Waals surface area contributed by atoms with Crippen LogP contribution in [-0.4, -0.2) is 16.4 Å². The van der Waals surface area contributed by atoms with E-state index in [1.54, 1.807) is 12.1 Å². The summed E-state index contributed by atoms with van der Waals surface area (Å²) in [5, 5.41) is 7.36. The lowest BCUT2D eigenvalue weighted by Crippen LogP contribution is -2.30. The highest BCUT2D eigenvalue weighted by Crippen LogP contribution is 2.08. The highest BCUT2D eigenvalue weighted by molar-refractivity contribution is 6.22. The molecule has 0 saturated heterocycles. The molecule has 0 fully saturated rings. The Morgan fingerprint density at radius 3 is 2.47 bits per heavy atom. The van der Waals surface area contributed by atoms with Crippen molar-refractivity contribution in [1.82, 2.24) is 4.53 Å². The summed E-state index contributed by atoms with van der Waals surface area (Å²) >= 11 is 5.69. The zero-order valence-corrected chi connectivity index (χ0v) is 8.57. The lowest BCUT2D eigenvalue weighted by atomic mass is 10.3. The Kier molecular flexibility index (Phi) is 3.75. The second-order valence-corrected chi connectivity index (χ2v) is 2.96. The molecule has 0 aliphatic heterocycles. The molecule has 0 aromatic heterocycles. The normalized spacial score (nSPS) is 9.13. The van der Waals surface area contributed by atoms with E-state index in [4.69, 9.17) is 28.7 Å². The summed E-state index contributed by atoms with van der Waals surface area (Å²) in [7, 11) is 0. The minimum atomic E-state index is -0.291. The van der Waals surface area contributed by atoms with Crippen molar-refractivity contribution < 1.29 is 0 Å². The molecule has 0 radical (unpaired) electrons. The topological polar surface area (TPSA) is 104 Å². The molecule has 7 heteroatoms. The molecule has 1 rings (SSSR count). The number of anilines is 1. The van der Waals surface area contributed by atoms with E-state index in [1.807, 2.05) is 18.2 Å². The summed E-state index contributed by atoms with van der Waals surface area (Å²) in [5.41, 5.74) is 13.6. The zero-order chi connectivity index (χ0) is 11.3. The lowest BCUT2D eigenvalue weighted by Gasteiger charge is -2.15. The van der Waals surface area contributed by atoms with Crippen molar-refractivity contribution in [2.45, 2.75) is 0 Å². The molecule has 0 bridgehead atoms. The average Bonchev–Trinajstić information content (AvgIpc) is 2.18. The van der Waals surface area contributed by atoms with E-state index in [0.29, 0.717) is 0 Å². The number of guanidine groups is 2. The van der Waals surface area contributed by atoms with Gasteiger partial charge < -0.3 is 11.5 Å². The molecule has 0 saturated carbocycles. The van der Waals surface area contributed by atoms with Crippen molar-refractivity contribution >= 4 is 29.4 Å². The minimum absolute atomic E-state index is 0.222. The van der Waals surface area contributed by atoms with Crippen molar-refractivity contribution in [3.8, 4) is 0 Å². The van der Waals surface area contributed by atoms with Crippen LogP contribution in [0.2, 0.25) is 0 Å². The maximum absolute atomic E-state index is 7.36. The summed E-state index contributed by atoms with van der Waals surface area (Å²) in [6, 6.07) is 9.11. The molecule has 6 nitrogen and oxygen atoms in total. The van der Waals surface area contributed by atoms with Gasteiger partial charge >= 0.3 is 0 Å². The number of benzene rings is 1. The molecule has 80 valence electrons. The summed E-state index contributed by atoms with van der Waals surface area (Å²) < 4.78 is 0.884. The van der Waals surface area contributed by atoms with Gasteiger partial charge in [0.1, 0.15) is 0 Å². The highest BCUT2D eigenvalue weighted by atomic mass is 35.5. The third-order valence-electron chi connectivity index (χ3n) is 1.42. The molecule has 1 aromatic carbocycles. The number of nitrogens with one attached hydrogen (secondary N) is 2. The van der Waals surface area contributed by atoms with Crippen LogP contribution in [0.5, 0.6) is 0 Å². The second-order valence-electron chi connectivity index (χ2n) is 2.62. The molecule has 0 aliphatic carbocycles. The van der Waals surface area contributed by atoms with Gasteiger partial charge in [-0.3, -0.25) is 10.8 Å². The van der Waals surface area contributed by atoms with Gasteiger partial charge in [0.15, 0.2) is 5.96 Å². The van der Waals surface area contributed by atoms with Gasteiger partial charge in [-0.15, -0.1) is 0 Å². The standard InChI is InChI=1S/C8H11ClN6/c9-15(8(12)13-7(10)11)14-6-4-2-1-3-5-6/h1-5,14H,(H5,10,11,12,13). The fourth-order valence-corrected chi connectivity index (χ4v) is 0.981. The fourth-order valence-electron chi connectivity index (χ4n) is 0.845. The van der Waals surface area contributed by atoms with E-state index in [1.165, 1.54) is 0 Å². The van der Waals surface area contributed by atoms with Gasteiger partial charge in [0.25, 0.3) is 5.96 Å². The SMILES string of the molecule is N=C(N=C(N)N)N(Cl)Nc1ccccc1. The first kappa shape index (κ1) is 11.1. The Labute approximate surface area is 92.1 Å². The van der Waals surface area contributed by atoms with Crippen molar-refractivity contribution in [3.63, 3.8) is 0 Å². The molecular formula is C8H11ClN6. The Hall–Kier alpha value is -1.95. The van der Waals surface area contributed by atoms with Crippen LogP contribution in [0.1, 0.15) is 0 Å². The molecule has 1 aromatic rings. The van der Waals surface area contributed by atoms with Gasteiger partial charge in [0, 0.05) is 11.8 Å². The van der Waals surface area contributed by atoms with Crippen LogP contribution in [0.3, 0.4) is 0 Å². The van der Waals surface area contributed by atoms with E-state index in [0.717, 1.165) is 10.2 Å². The number of halogens is 1. The number of para-hydroxylation sites is 1. The van der Waals surface area contributed by atoms with Crippen molar-refractivity contribution in [1.29, 1.82) is 5.41 Å². The van der Waals surface area contributed by atoms with Gasteiger partial charge in [-0.1, -0.05) is 18.2 Å². The number of hydrogen-bond donors (Lipinski definition) is 4. The molecule has 6 N–H and O–H groups in total. The molecule has 15 heavy (non-hydrogen) atoms. The molecule has 0 heterocycles. The van der Waals surface area contributed by atoms with Gasteiger partial charge in [-0.25, -0.2) is 0 Å². The van der Waals surface area contributed by atoms with Gasteiger partial charge in [-0.05, 0) is 12.1 Å². The van der Waals surface area contributed by atoms with Crippen LogP contribution in [0, 0.1) is 5.41 Å². The van der Waals surface area contributed by atoms with E-state index >= 15 is 0 Å². The average molecular weight is 227 g/mol. The van der Waals surface area contributed by atoms with E-state index in [-0.39, 0.29) is 11.9 Å². The first-order valence-electron chi connectivity index (χ1n) is 4.05. The molecule has 0 spiro atoms. The van der Waals surface area contributed by atoms with Crippen LogP contribution < -0.4 is 16.9 Å². The number of hydrogen-bond acceptors (Lipinski definition) is 2. The predicted molar refractivity (Wildman–Crippen MR) is 61.3 cm³/mol. The molecule has 0 aliphatic rings. The monoisotopic (exact) mass is 226 g/mol. The van der Waals surface area contributed by atoms with Crippen LogP contribution in [0.4, 0.5) is 5.69 Å². The van der Waals surface area contributed by atoms with Gasteiger partial charge in [0.05, 0.1) is 5.69 Å². The summed E-state index contributed by atoms with van der Waals surface area (Å²) in [4.78, 5) is 3.46. The number of hydrazine groups is 1. The van der Waals surface area contributed by atoms with E-state index in [9.17, 15) is 0 Å². The molecule has 0 atom stereocenters. The van der Waals surface area contributed by atoms with Crippen molar-refractivity contribution in [3.05, 3.63) is 30.3 Å². The number of aliphatic imine (C=N–C) groups is 1. The van der Waals surface area contributed by atoms with E-state index in [2.05, 4.69) is 10.4 Å². The van der Waals surface area contributed by atoms with Gasteiger partial charge in [-0.2, -0.15) is 9.52 Å². The summed E-state index contributed by atoms with van der Waals surface area (Å²) in [6.45, 7) is 0. The lowest BCUT2D eigenvalue weighted by molar-refractivity contribution is 0.776. The maximum Gasteiger partial charge on any atom is 0.255 e. The first-order chi connectivity index (χ1) is 7.09. The smallest absolute Gasteiger partial charge is 0.255 e. The third-order valence-corrected chi connectivity index (χ3v) is 1.67. The third kappa shape index (κ3) is 3.74. The molecule has 0 unspecified atom stereocenters. The van der Waals surface area contributed by atoms with Crippen LogP contribution in [0.25, 0.3) is 0 Å². The molecule has 0 amide bonds. The van der Waals surface area contributed by atoms with Crippen LogP contribution in [-0.2, 0) is 0 Å². The van der Waals surface area contributed by atoms with Gasteiger partial charge in [0.2, 0.25) is 0 Å². The maximum atomic E-state index is 7.36. The number of nitrogens with two attached hydrogens (primary N) is 2. The van der Waals surface area contributed by atoms with Crippen molar-refractivity contribution in [2.24, 2.45) is 16.5 Å². The Balaban J connectivity index is 2.60. The first-order valence-corrected chi connectivity index (χ1v) is 4.39. The highest BCUT2D eigenvalue weighted by Gasteiger charge is 2.05. The quantitative estimate of drug-likeness (QED) is 0.258. The Bertz CT molecular complexity index is 359. The van der Waals surface area contributed by atoms with Crippen LogP contribution in [0.15, 0.2) is 35.3 Å². The predicted octanol–water partition coefficient (Wildman–Crippen LogP) is 0.677. The molecular weight excluding hydrogens is 216 g/mol. The number of rotatable bonds is 2. The van der Waals surface area contributed by atoms with Crippen LogP contribution >= 0.6 is 11.8 Å². The summed E-state index contributed by atoms with van der Waals surface area (Å²) in [6.07, 6.45) is 0. The summed E-state index contributed by atoms with van der Waals surface area (Å²) in [5.74, 6) is -0.513.